The van der Waals surface area contributed by atoms with Crippen molar-refractivity contribution >= 4 is 23.6 Å². The number of phenolic OH excluding ortho intramolecular Hbond substituents is 1. The van der Waals surface area contributed by atoms with Gasteiger partial charge >= 0.3 is 0 Å². The number of hydrogen-bond acceptors (Lipinski definition) is 4. The van der Waals surface area contributed by atoms with E-state index in [1.54, 1.807) is 42.5 Å². The van der Waals surface area contributed by atoms with Crippen LogP contribution in [0.1, 0.15) is 24.0 Å². The lowest BCUT2D eigenvalue weighted by atomic mass is 10.1. The number of nitro benzene ring substituents is 1. The summed E-state index contributed by atoms with van der Waals surface area (Å²) in [5, 5.41) is 20.1. The highest BCUT2D eigenvalue weighted by atomic mass is 16.6. The molecule has 0 aliphatic heterocycles. The van der Waals surface area contributed by atoms with Crippen molar-refractivity contribution < 1.29 is 14.8 Å². The van der Waals surface area contributed by atoms with Crippen LogP contribution in [0.5, 0.6) is 5.75 Å². The Morgan fingerprint density at radius 2 is 1.58 bits per heavy atom. The Bertz CT molecular complexity index is 863. The van der Waals surface area contributed by atoms with Gasteiger partial charge in [0.05, 0.1) is 4.92 Å². The average Bonchev–Trinajstić information content (AvgIpc) is 2.90. The van der Waals surface area contributed by atoms with Gasteiger partial charge in [0.25, 0.3) is 5.69 Å². The molecule has 1 saturated carbocycles. The second-order valence-electron chi connectivity index (χ2n) is 5.61. The van der Waals surface area contributed by atoms with Gasteiger partial charge in [-0.25, -0.2) is 0 Å². The smallest absolute Gasteiger partial charge is 0.270 e. The first-order valence-electron chi connectivity index (χ1n) is 7.52. The van der Waals surface area contributed by atoms with Crippen molar-refractivity contribution in [2.24, 2.45) is 0 Å². The molecular formula is C19H15NO4. The van der Waals surface area contributed by atoms with E-state index in [1.807, 2.05) is 6.08 Å². The van der Waals surface area contributed by atoms with E-state index >= 15 is 0 Å². The van der Waals surface area contributed by atoms with Gasteiger partial charge in [-0.1, -0.05) is 24.3 Å². The normalized spacial score (nSPS) is 17.6. The first kappa shape index (κ1) is 15.7. The Balaban J connectivity index is 1.84. The van der Waals surface area contributed by atoms with Crippen LogP contribution in [0.15, 0.2) is 59.7 Å². The molecule has 2 aromatic rings. The minimum Gasteiger partial charge on any atom is -0.508 e. The molecule has 1 aliphatic carbocycles. The summed E-state index contributed by atoms with van der Waals surface area (Å²) < 4.78 is 0. The molecule has 0 saturated heterocycles. The van der Waals surface area contributed by atoms with Crippen LogP contribution in [0.25, 0.3) is 12.2 Å². The highest BCUT2D eigenvalue weighted by Gasteiger charge is 2.23. The summed E-state index contributed by atoms with van der Waals surface area (Å²) in [7, 11) is 0. The largest absolute Gasteiger partial charge is 0.508 e. The van der Waals surface area contributed by atoms with Crippen molar-refractivity contribution in [1.29, 1.82) is 0 Å². The lowest BCUT2D eigenvalue weighted by Crippen LogP contribution is -1.95. The van der Waals surface area contributed by atoms with Crippen molar-refractivity contribution in [2.75, 3.05) is 0 Å². The molecule has 0 radical (unpaired) electrons. The van der Waals surface area contributed by atoms with E-state index in [4.69, 9.17) is 0 Å². The van der Waals surface area contributed by atoms with Crippen LogP contribution in [-0.2, 0) is 4.79 Å². The zero-order valence-electron chi connectivity index (χ0n) is 12.8. The molecule has 1 fully saturated rings. The number of carbonyl (C=O) groups excluding carboxylic acids is 1. The molecule has 0 amide bonds. The van der Waals surface area contributed by atoms with Gasteiger partial charge in [-0.2, -0.15) is 0 Å². The summed E-state index contributed by atoms with van der Waals surface area (Å²) in [4.78, 5) is 22.9. The van der Waals surface area contributed by atoms with Gasteiger partial charge in [-0.3, -0.25) is 14.9 Å². The summed E-state index contributed by atoms with van der Waals surface area (Å²) in [6, 6.07) is 12.9. The molecule has 1 aliphatic rings. The Morgan fingerprint density at radius 3 is 2.21 bits per heavy atom. The van der Waals surface area contributed by atoms with E-state index in [9.17, 15) is 20.0 Å². The first-order valence-corrected chi connectivity index (χ1v) is 7.52. The van der Waals surface area contributed by atoms with E-state index < -0.39 is 4.92 Å². The number of rotatable bonds is 3. The SMILES string of the molecule is O=C1/C(=C/c2ccc(O)cc2)CC/C1=C\c1cccc([N+](=O)[O-])c1. The fraction of sp³-hybridized carbons (Fsp3) is 0.105. The number of hydrogen-bond donors (Lipinski definition) is 1. The predicted octanol–water partition coefficient (Wildman–Crippen LogP) is 4.13. The van der Waals surface area contributed by atoms with E-state index in [-0.39, 0.29) is 17.2 Å². The van der Waals surface area contributed by atoms with Gasteiger partial charge in [-0.15, -0.1) is 0 Å². The molecule has 0 aromatic heterocycles. The van der Waals surface area contributed by atoms with Crippen LogP contribution >= 0.6 is 0 Å². The maximum atomic E-state index is 12.5. The Kier molecular flexibility index (Phi) is 4.24. The first-order chi connectivity index (χ1) is 11.5. The maximum absolute atomic E-state index is 12.5. The van der Waals surface area contributed by atoms with Crippen molar-refractivity contribution in [2.45, 2.75) is 12.8 Å². The molecule has 3 rings (SSSR count). The number of ketones is 1. The second-order valence-corrected chi connectivity index (χ2v) is 5.61. The summed E-state index contributed by atoms with van der Waals surface area (Å²) in [5.41, 5.74) is 2.87. The number of nitrogens with zero attached hydrogens (tertiary/aromatic N) is 1. The number of phenols is 1. The maximum Gasteiger partial charge on any atom is 0.270 e. The summed E-state index contributed by atoms with van der Waals surface area (Å²) in [5.74, 6) is 0.149. The van der Waals surface area contributed by atoms with Crippen LogP contribution in [0.4, 0.5) is 5.69 Å². The van der Waals surface area contributed by atoms with E-state index in [2.05, 4.69) is 0 Å². The molecular weight excluding hydrogens is 306 g/mol. The number of benzene rings is 2. The van der Waals surface area contributed by atoms with Gasteiger partial charge in [0, 0.05) is 23.3 Å². The van der Waals surface area contributed by atoms with Crippen LogP contribution in [0.3, 0.4) is 0 Å². The molecule has 0 heterocycles. The van der Waals surface area contributed by atoms with E-state index in [0.29, 0.717) is 29.6 Å². The van der Waals surface area contributed by atoms with Crippen LogP contribution in [0.2, 0.25) is 0 Å². The fourth-order valence-corrected chi connectivity index (χ4v) is 2.68. The van der Waals surface area contributed by atoms with Crippen molar-refractivity contribution in [3.8, 4) is 5.75 Å². The van der Waals surface area contributed by atoms with Gasteiger partial charge in [0.2, 0.25) is 0 Å². The van der Waals surface area contributed by atoms with Crippen molar-refractivity contribution in [3.63, 3.8) is 0 Å². The third-order valence-electron chi connectivity index (χ3n) is 3.90. The third-order valence-corrected chi connectivity index (χ3v) is 3.90. The molecule has 0 spiro atoms. The minimum absolute atomic E-state index is 0.00894. The lowest BCUT2D eigenvalue weighted by molar-refractivity contribution is -0.384. The molecule has 2 aromatic carbocycles. The van der Waals surface area contributed by atoms with Crippen LogP contribution in [-0.4, -0.2) is 15.8 Å². The monoisotopic (exact) mass is 321 g/mol. The van der Waals surface area contributed by atoms with Crippen molar-refractivity contribution in [1.82, 2.24) is 0 Å². The van der Waals surface area contributed by atoms with Gasteiger partial charge in [0.1, 0.15) is 5.75 Å². The zero-order chi connectivity index (χ0) is 17.1. The number of nitro groups is 1. The summed E-state index contributed by atoms with van der Waals surface area (Å²) in [6.45, 7) is 0. The molecule has 5 nitrogen and oxygen atoms in total. The van der Waals surface area contributed by atoms with Gasteiger partial charge < -0.3 is 5.11 Å². The quantitative estimate of drug-likeness (QED) is 0.523. The zero-order valence-corrected chi connectivity index (χ0v) is 12.8. The molecule has 1 N–H and O–H groups in total. The lowest BCUT2D eigenvalue weighted by Gasteiger charge is -1.98. The predicted molar refractivity (Wildman–Crippen MR) is 91.4 cm³/mol. The Labute approximate surface area is 138 Å². The molecule has 120 valence electrons. The summed E-state index contributed by atoms with van der Waals surface area (Å²) in [6.07, 6.45) is 4.79. The average molecular weight is 321 g/mol. The van der Waals surface area contributed by atoms with Crippen LogP contribution in [0, 0.1) is 10.1 Å². The van der Waals surface area contributed by atoms with Gasteiger partial charge in [-0.05, 0) is 48.3 Å². The minimum atomic E-state index is -0.450. The molecule has 0 atom stereocenters. The highest BCUT2D eigenvalue weighted by Crippen LogP contribution is 2.30. The standard InChI is InChI=1S/C19H15NO4/c21-18-8-4-13(5-9-18)10-15-6-7-16(19(15)22)11-14-2-1-3-17(12-14)20(23)24/h1-5,8-12,21H,6-7H2/b15-10+,16-11+. The Hall–Kier alpha value is -3.21. The summed E-state index contributed by atoms with van der Waals surface area (Å²) >= 11 is 0. The second kappa shape index (κ2) is 6.50. The Morgan fingerprint density at radius 1 is 0.958 bits per heavy atom. The third kappa shape index (κ3) is 3.41. The number of aromatic hydroxyl groups is 1. The molecule has 5 heteroatoms. The molecule has 0 bridgehead atoms. The fourth-order valence-electron chi connectivity index (χ4n) is 2.68. The highest BCUT2D eigenvalue weighted by molar-refractivity contribution is 6.15. The topological polar surface area (TPSA) is 80.4 Å². The number of carbonyl (C=O) groups is 1. The number of allylic oxidation sites excluding steroid dienone is 2. The number of non-ortho nitro benzene ring substituents is 1. The molecule has 0 unspecified atom stereocenters. The van der Waals surface area contributed by atoms with E-state index in [1.165, 1.54) is 12.1 Å². The van der Waals surface area contributed by atoms with E-state index in [0.717, 1.165) is 5.56 Å². The van der Waals surface area contributed by atoms with Crippen molar-refractivity contribution in [3.05, 3.63) is 80.9 Å². The van der Waals surface area contributed by atoms with Gasteiger partial charge in [0.15, 0.2) is 5.78 Å². The molecule has 24 heavy (non-hydrogen) atoms. The van der Waals surface area contributed by atoms with Crippen LogP contribution < -0.4 is 0 Å². The number of Topliss-reactive ketones (excluding diaryl/α,β-unsaturated/α-hetero) is 1.